The molecular weight excluding hydrogens is 180 g/mol. The van der Waals surface area contributed by atoms with Crippen molar-refractivity contribution in [1.29, 1.82) is 5.53 Å². The molecule has 14 heavy (non-hydrogen) atoms. The lowest BCUT2D eigenvalue weighted by atomic mass is 10.1. The maximum Gasteiger partial charge on any atom is 0.119 e. The molecule has 0 fully saturated rings. The number of nitrogens with zero attached hydrogens (tertiary/aromatic N) is 1. The van der Waals surface area contributed by atoms with Crippen molar-refractivity contribution >= 4 is 0 Å². The monoisotopic (exact) mass is 196 g/mol. The van der Waals surface area contributed by atoms with E-state index >= 15 is 0 Å². The number of rotatable bonds is 0. The second kappa shape index (κ2) is 5.21. The molecule has 0 bridgehead atoms. The minimum atomic E-state index is -0.167. The molecule has 0 saturated heterocycles. The van der Waals surface area contributed by atoms with Gasteiger partial charge in [-0.2, -0.15) is 5.11 Å². The third kappa shape index (κ3) is 7.09. The molecular formula is C10H16N2O2. The van der Waals surface area contributed by atoms with Crippen LogP contribution in [0.5, 0.6) is 11.5 Å². The highest BCUT2D eigenvalue weighted by Gasteiger charge is 2.03. The van der Waals surface area contributed by atoms with E-state index in [9.17, 15) is 0 Å². The van der Waals surface area contributed by atoms with Crippen molar-refractivity contribution in [3.63, 3.8) is 0 Å². The zero-order valence-corrected chi connectivity index (χ0v) is 8.65. The summed E-state index contributed by atoms with van der Waals surface area (Å²) in [6.07, 6.45) is 0. The van der Waals surface area contributed by atoms with Crippen LogP contribution in [0.3, 0.4) is 0 Å². The second-order valence-electron chi connectivity index (χ2n) is 3.80. The maximum atomic E-state index is 8.65. The molecule has 0 spiro atoms. The van der Waals surface area contributed by atoms with Crippen LogP contribution in [-0.2, 0) is 0 Å². The number of nitrogens with one attached hydrogen (secondary N) is 1. The number of phenolic OH excluding ortho intramolecular Hbond substituents is 2. The van der Waals surface area contributed by atoms with Gasteiger partial charge < -0.3 is 10.2 Å². The fourth-order valence-electron chi connectivity index (χ4n) is 0.493. The Morgan fingerprint density at radius 2 is 1.50 bits per heavy atom. The van der Waals surface area contributed by atoms with Crippen molar-refractivity contribution in [2.75, 3.05) is 0 Å². The topological polar surface area (TPSA) is 76.7 Å². The summed E-state index contributed by atoms with van der Waals surface area (Å²) in [4.78, 5) is 0. The fraction of sp³-hybridized carbons (Fsp3) is 0.400. The van der Waals surface area contributed by atoms with E-state index in [1.807, 2.05) is 20.8 Å². The van der Waals surface area contributed by atoms with Crippen LogP contribution in [0.4, 0.5) is 0 Å². The largest absolute Gasteiger partial charge is 0.508 e. The molecule has 0 aliphatic heterocycles. The van der Waals surface area contributed by atoms with Crippen LogP contribution < -0.4 is 0 Å². The molecule has 3 N–H and O–H groups in total. The Morgan fingerprint density at radius 1 is 1.14 bits per heavy atom. The average Bonchev–Trinajstić information content (AvgIpc) is 2.03. The number of phenols is 2. The van der Waals surface area contributed by atoms with Crippen molar-refractivity contribution in [3.05, 3.63) is 24.3 Å². The highest BCUT2D eigenvalue weighted by Crippen LogP contribution is 2.14. The highest BCUT2D eigenvalue weighted by molar-refractivity contribution is 5.30. The predicted octanol–water partition coefficient (Wildman–Crippen LogP) is 2.91. The molecule has 0 saturated carbocycles. The summed E-state index contributed by atoms with van der Waals surface area (Å²) >= 11 is 0. The molecule has 0 aliphatic rings. The number of benzene rings is 1. The van der Waals surface area contributed by atoms with Crippen molar-refractivity contribution in [3.8, 4) is 11.5 Å². The summed E-state index contributed by atoms with van der Waals surface area (Å²) in [5, 5.41) is 20.6. The van der Waals surface area contributed by atoms with Gasteiger partial charge in [-0.3, -0.25) is 0 Å². The van der Waals surface area contributed by atoms with E-state index in [4.69, 9.17) is 15.7 Å². The lowest BCUT2D eigenvalue weighted by Crippen LogP contribution is -2.06. The quantitative estimate of drug-likeness (QED) is 0.558. The first-order valence-corrected chi connectivity index (χ1v) is 4.22. The first-order chi connectivity index (χ1) is 6.35. The van der Waals surface area contributed by atoms with Gasteiger partial charge in [-0.15, -0.1) is 0 Å². The Bertz CT molecular complexity index is 275. The van der Waals surface area contributed by atoms with Gasteiger partial charge in [0.25, 0.3) is 0 Å². The Kier molecular flexibility index (Phi) is 4.63. The minimum Gasteiger partial charge on any atom is -0.508 e. The second-order valence-corrected chi connectivity index (χ2v) is 3.80. The molecule has 0 radical (unpaired) electrons. The van der Waals surface area contributed by atoms with Crippen LogP contribution >= 0.6 is 0 Å². The molecule has 4 nitrogen and oxygen atoms in total. The predicted molar refractivity (Wildman–Crippen MR) is 54.7 cm³/mol. The van der Waals surface area contributed by atoms with Crippen LogP contribution in [0.25, 0.3) is 0 Å². The van der Waals surface area contributed by atoms with Crippen LogP contribution in [0.1, 0.15) is 20.8 Å². The van der Waals surface area contributed by atoms with Gasteiger partial charge in [0.2, 0.25) is 0 Å². The van der Waals surface area contributed by atoms with Gasteiger partial charge in [0, 0.05) is 6.07 Å². The van der Waals surface area contributed by atoms with Crippen molar-refractivity contribution < 1.29 is 10.2 Å². The van der Waals surface area contributed by atoms with Gasteiger partial charge >= 0.3 is 0 Å². The van der Waals surface area contributed by atoms with Crippen LogP contribution in [0.15, 0.2) is 29.4 Å². The SMILES string of the molecule is CC(C)(C)N=N.Oc1cccc(O)c1. The van der Waals surface area contributed by atoms with E-state index in [0.29, 0.717) is 0 Å². The van der Waals surface area contributed by atoms with E-state index in [1.54, 1.807) is 6.07 Å². The zero-order chi connectivity index (χ0) is 11.2. The maximum absolute atomic E-state index is 8.65. The first-order valence-electron chi connectivity index (χ1n) is 4.22. The third-order valence-electron chi connectivity index (χ3n) is 1.17. The van der Waals surface area contributed by atoms with Crippen molar-refractivity contribution in [1.82, 2.24) is 0 Å². The molecule has 4 heteroatoms. The molecule has 0 aromatic heterocycles. The van der Waals surface area contributed by atoms with Gasteiger partial charge in [-0.1, -0.05) is 6.07 Å². The van der Waals surface area contributed by atoms with E-state index in [2.05, 4.69) is 5.11 Å². The third-order valence-corrected chi connectivity index (χ3v) is 1.17. The normalized spacial score (nSPS) is 9.93. The highest BCUT2D eigenvalue weighted by atomic mass is 16.3. The molecule has 0 heterocycles. The molecule has 78 valence electrons. The van der Waals surface area contributed by atoms with Gasteiger partial charge in [0.1, 0.15) is 11.5 Å². The standard InChI is InChI=1S/C6H6O2.C4H10N2/c7-5-2-1-3-6(8)4-5;1-4(2,3)6-5/h1-4,7-8H;5H,1-3H3. The van der Waals surface area contributed by atoms with E-state index in [0.717, 1.165) is 0 Å². The van der Waals surface area contributed by atoms with Crippen LogP contribution in [-0.4, -0.2) is 15.8 Å². The molecule has 0 amide bonds. The lowest BCUT2D eigenvalue weighted by molar-refractivity contribution is 0.450. The minimum absolute atomic E-state index is 0.0880. The summed E-state index contributed by atoms with van der Waals surface area (Å²) in [6.45, 7) is 5.67. The van der Waals surface area contributed by atoms with Gasteiger partial charge in [-0.05, 0) is 32.9 Å². The Morgan fingerprint density at radius 3 is 1.64 bits per heavy atom. The van der Waals surface area contributed by atoms with E-state index in [1.165, 1.54) is 18.2 Å². The Hall–Kier alpha value is -1.58. The fourth-order valence-corrected chi connectivity index (χ4v) is 0.493. The zero-order valence-electron chi connectivity index (χ0n) is 8.65. The van der Waals surface area contributed by atoms with Crippen LogP contribution in [0.2, 0.25) is 0 Å². The summed E-state index contributed by atoms with van der Waals surface area (Å²) in [7, 11) is 0. The Balaban J connectivity index is 0.000000255. The molecule has 1 aromatic rings. The lowest BCUT2D eigenvalue weighted by Gasteiger charge is -2.05. The van der Waals surface area contributed by atoms with E-state index in [-0.39, 0.29) is 17.0 Å². The molecule has 0 aliphatic carbocycles. The van der Waals surface area contributed by atoms with Gasteiger partial charge in [0.05, 0.1) is 5.54 Å². The number of aromatic hydroxyl groups is 2. The summed E-state index contributed by atoms with van der Waals surface area (Å²) in [5.74, 6) is 0.176. The number of hydrogen-bond donors (Lipinski definition) is 3. The van der Waals surface area contributed by atoms with Crippen LogP contribution in [0, 0.1) is 5.53 Å². The Labute approximate surface area is 83.7 Å². The molecule has 1 aromatic carbocycles. The summed E-state index contributed by atoms with van der Waals surface area (Å²) < 4.78 is 0. The van der Waals surface area contributed by atoms with E-state index < -0.39 is 0 Å². The average molecular weight is 196 g/mol. The van der Waals surface area contributed by atoms with Crippen molar-refractivity contribution in [2.45, 2.75) is 26.3 Å². The van der Waals surface area contributed by atoms with Gasteiger partial charge in [-0.25, -0.2) is 5.53 Å². The van der Waals surface area contributed by atoms with Gasteiger partial charge in [0.15, 0.2) is 0 Å². The number of hydrogen-bond acceptors (Lipinski definition) is 4. The summed E-state index contributed by atoms with van der Waals surface area (Å²) in [5.41, 5.74) is 6.31. The smallest absolute Gasteiger partial charge is 0.119 e. The molecule has 0 unspecified atom stereocenters. The first kappa shape index (κ1) is 12.4. The molecule has 1 rings (SSSR count). The van der Waals surface area contributed by atoms with Crippen molar-refractivity contribution in [2.24, 2.45) is 5.11 Å². The molecule has 0 atom stereocenters. The summed E-state index contributed by atoms with van der Waals surface area (Å²) in [6, 6.07) is 5.85.